The third kappa shape index (κ3) is 3.54. The number of carbonyl (C=O) groups excluding carboxylic acids is 1. The lowest BCUT2D eigenvalue weighted by Crippen LogP contribution is -2.23. The lowest BCUT2D eigenvalue weighted by molar-refractivity contribution is 0.102. The predicted molar refractivity (Wildman–Crippen MR) is 102 cm³/mol. The lowest BCUT2D eigenvalue weighted by Gasteiger charge is -2.19. The van der Waals surface area contributed by atoms with Gasteiger partial charge >= 0.3 is 0 Å². The molecule has 0 spiro atoms. The van der Waals surface area contributed by atoms with Crippen LogP contribution in [0.15, 0.2) is 42.5 Å². The molecule has 2 aliphatic heterocycles. The first-order valence-electron chi connectivity index (χ1n) is 9.18. The summed E-state index contributed by atoms with van der Waals surface area (Å²) in [6.45, 7) is 6.42. The fraction of sp³-hybridized carbons (Fsp3) is 0.381. The second-order valence-electron chi connectivity index (χ2n) is 7.25. The van der Waals surface area contributed by atoms with Crippen molar-refractivity contribution in [3.8, 4) is 0 Å². The summed E-state index contributed by atoms with van der Waals surface area (Å²) in [4.78, 5) is 14.9. The Balaban J connectivity index is 1.44. The zero-order valence-corrected chi connectivity index (χ0v) is 14.7. The minimum absolute atomic E-state index is 0.0461. The highest BCUT2D eigenvalue weighted by Crippen LogP contribution is 2.24. The molecule has 0 saturated carbocycles. The molecule has 4 rings (SSSR count). The number of benzene rings is 2. The molecule has 2 aliphatic rings. The van der Waals surface area contributed by atoms with E-state index in [1.165, 1.54) is 23.2 Å². The summed E-state index contributed by atoms with van der Waals surface area (Å²) in [5.74, 6) is 0.706. The fourth-order valence-corrected chi connectivity index (χ4v) is 3.75. The molecule has 2 N–H and O–H groups in total. The number of hydrogen-bond acceptors (Lipinski definition) is 3. The molecule has 4 heteroatoms. The van der Waals surface area contributed by atoms with Crippen LogP contribution >= 0.6 is 0 Å². The average Bonchev–Trinajstić information content (AvgIpc) is 3.08. The lowest BCUT2D eigenvalue weighted by atomic mass is 10.0. The van der Waals surface area contributed by atoms with Gasteiger partial charge in [-0.3, -0.25) is 4.79 Å². The van der Waals surface area contributed by atoms with Gasteiger partial charge in [0.2, 0.25) is 0 Å². The molecule has 0 bridgehead atoms. The molecule has 1 unspecified atom stereocenters. The van der Waals surface area contributed by atoms with E-state index < -0.39 is 0 Å². The van der Waals surface area contributed by atoms with E-state index in [2.05, 4.69) is 46.7 Å². The van der Waals surface area contributed by atoms with Crippen molar-refractivity contribution in [3.63, 3.8) is 0 Å². The second kappa shape index (κ2) is 6.89. The summed E-state index contributed by atoms with van der Waals surface area (Å²) in [5, 5.41) is 6.40. The number of nitrogens with one attached hydrogen (secondary N) is 2. The zero-order valence-electron chi connectivity index (χ0n) is 14.7. The molecule has 2 aromatic rings. The van der Waals surface area contributed by atoms with Gasteiger partial charge in [0.15, 0.2) is 0 Å². The number of carbonyl (C=O) groups is 1. The van der Waals surface area contributed by atoms with Gasteiger partial charge in [-0.15, -0.1) is 0 Å². The summed E-state index contributed by atoms with van der Waals surface area (Å²) in [6, 6.07) is 14.2. The molecular formula is C21H25N3O. The van der Waals surface area contributed by atoms with Crippen molar-refractivity contribution in [1.29, 1.82) is 0 Å². The Bertz CT molecular complexity index is 769. The Hall–Kier alpha value is -2.33. The minimum atomic E-state index is -0.0461. The Kier molecular flexibility index (Phi) is 4.45. The smallest absolute Gasteiger partial charge is 0.255 e. The number of fused-ring (bicyclic) bond motifs is 1. The van der Waals surface area contributed by atoms with Crippen molar-refractivity contribution in [1.82, 2.24) is 5.32 Å². The van der Waals surface area contributed by atoms with E-state index in [1.54, 1.807) is 0 Å². The summed E-state index contributed by atoms with van der Waals surface area (Å²) >= 11 is 0. The van der Waals surface area contributed by atoms with Crippen molar-refractivity contribution in [2.24, 2.45) is 5.92 Å². The third-order valence-electron chi connectivity index (χ3n) is 5.27. The van der Waals surface area contributed by atoms with Crippen molar-refractivity contribution >= 4 is 17.3 Å². The molecular weight excluding hydrogens is 310 g/mol. The van der Waals surface area contributed by atoms with Crippen molar-refractivity contribution in [3.05, 3.63) is 59.2 Å². The predicted octanol–water partition coefficient (Wildman–Crippen LogP) is 3.43. The largest absolute Gasteiger partial charge is 0.371 e. The van der Waals surface area contributed by atoms with Gasteiger partial charge in [-0.2, -0.15) is 0 Å². The monoisotopic (exact) mass is 335 g/mol. The van der Waals surface area contributed by atoms with E-state index >= 15 is 0 Å². The second-order valence-corrected chi connectivity index (χ2v) is 7.25. The summed E-state index contributed by atoms with van der Waals surface area (Å²) < 4.78 is 0. The summed E-state index contributed by atoms with van der Waals surface area (Å²) in [6.07, 6.45) is 2.26. The molecule has 4 nitrogen and oxygen atoms in total. The first kappa shape index (κ1) is 16.2. The first-order valence-corrected chi connectivity index (χ1v) is 9.18. The van der Waals surface area contributed by atoms with Crippen LogP contribution < -0.4 is 15.5 Å². The van der Waals surface area contributed by atoms with Crippen molar-refractivity contribution < 1.29 is 4.79 Å². The Labute approximate surface area is 149 Å². The highest BCUT2D eigenvalue weighted by molar-refractivity contribution is 6.04. The Morgan fingerprint density at radius 1 is 1.16 bits per heavy atom. The molecule has 0 aliphatic carbocycles. The maximum atomic E-state index is 12.5. The van der Waals surface area contributed by atoms with E-state index in [1.807, 2.05) is 18.2 Å². The van der Waals surface area contributed by atoms with Crippen LogP contribution in [0.2, 0.25) is 0 Å². The molecule has 2 heterocycles. The number of rotatable bonds is 3. The molecule has 0 aromatic heterocycles. The van der Waals surface area contributed by atoms with E-state index in [0.29, 0.717) is 5.56 Å². The molecule has 1 saturated heterocycles. The van der Waals surface area contributed by atoms with Gasteiger partial charge < -0.3 is 15.5 Å². The van der Waals surface area contributed by atoms with Gasteiger partial charge in [-0.05, 0) is 72.8 Å². The van der Waals surface area contributed by atoms with Gasteiger partial charge in [-0.1, -0.05) is 13.0 Å². The van der Waals surface area contributed by atoms with Crippen LogP contribution in [0.25, 0.3) is 0 Å². The van der Waals surface area contributed by atoms with E-state index in [9.17, 15) is 4.79 Å². The average molecular weight is 335 g/mol. The van der Waals surface area contributed by atoms with Crippen LogP contribution in [0.3, 0.4) is 0 Å². The minimum Gasteiger partial charge on any atom is -0.371 e. The standard InChI is InChI=1S/C21H25N3O/c1-15-9-11-24(14-15)20-6-3-16(4-7-20)21(25)23-19-5-2-18-13-22-10-8-17(18)12-19/h2-7,12,15,22H,8-11,13-14H2,1H3,(H,23,25). The van der Waals surface area contributed by atoms with E-state index in [-0.39, 0.29) is 5.91 Å². The fourth-order valence-electron chi connectivity index (χ4n) is 3.75. The number of anilines is 2. The molecule has 0 radical (unpaired) electrons. The zero-order chi connectivity index (χ0) is 17.2. The van der Waals surface area contributed by atoms with Crippen LogP contribution in [0.4, 0.5) is 11.4 Å². The van der Waals surface area contributed by atoms with Gasteiger partial charge in [0.1, 0.15) is 0 Å². The highest BCUT2D eigenvalue weighted by Gasteiger charge is 2.19. The number of hydrogen-bond donors (Lipinski definition) is 2. The van der Waals surface area contributed by atoms with Crippen LogP contribution in [0.1, 0.15) is 34.8 Å². The third-order valence-corrected chi connectivity index (χ3v) is 5.27. The van der Waals surface area contributed by atoms with Crippen LogP contribution in [-0.2, 0) is 13.0 Å². The van der Waals surface area contributed by atoms with E-state index in [0.717, 1.165) is 44.2 Å². The number of nitrogens with zero attached hydrogens (tertiary/aromatic N) is 1. The normalized spacial score (nSPS) is 19.6. The topological polar surface area (TPSA) is 44.4 Å². The summed E-state index contributed by atoms with van der Waals surface area (Å²) in [5.41, 5.74) is 5.45. The number of amides is 1. The Morgan fingerprint density at radius 3 is 2.76 bits per heavy atom. The van der Waals surface area contributed by atoms with Gasteiger partial charge in [0.05, 0.1) is 0 Å². The SMILES string of the molecule is CC1CCN(c2ccc(C(=O)Nc3ccc4c(c3)CCNC4)cc2)C1. The van der Waals surface area contributed by atoms with Crippen LogP contribution in [0.5, 0.6) is 0 Å². The van der Waals surface area contributed by atoms with Crippen molar-refractivity contribution in [2.45, 2.75) is 26.3 Å². The quantitative estimate of drug-likeness (QED) is 0.903. The molecule has 25 heavy (non-hydrogen) atoms. The molecule has 1 fully saturated rings. The summed E-state index contributed by atoms with van der Waals surface area (Å²) in [7, 11) is 0. The van der Waals surface area contributed by atoms with Crippen molar-refractivity contribution in [2.75, 3.05) is 29.9 Å². The molecule has 1 amide bonds. The molecule has 1 atom stereocenters. The maximum absolute atomic E-state index is 12.5. The van der Waals surface area contributed by atoms with Crippen LogP contribution in [-0.4, -0.2) is 25.5 Å². The molecule has 130 valence electrons. The van der Waals surface area contributed by atoms with Crippen LogP contribution in [0, 0.1) is 5.92 Å². The Morgan fingerprint density at radius 2 is 2.00 bits per heavy atom. The van der Waals surface area contributed by atoms with Gasteiger partial charge in [0.25, 0.3) is 5.91 Å². The van der Waals surface area contributed by atoms with Gasteiger partial charge in [-0.25, -0.2) is 0 Å². The van der Waals surface area contributed by atoms with Gasteiger partial charge in [0, 0.05) is 36.6 Å². The van der Waals surface area contributed by atoms with E-state index in [4.69, 9.17) is 0 Å². The first-order chi connectivity index (χ1) is 12.2. The maximum Gasteiger partial charge on any atom is 0.255 e. The molecule has 2 aromatic carbocycles. The highest BCUT2D eigenvalue weighted by atomic mass is 16.1.